The summed E-state index contributed by atoms with van der Waals surface area (Å²) in [4.78, 5) is 26.2. The minimum atomic E-state index is -0.485. The predicted octanol–water partition coefficient (Wildman–Crippen LogP) is 3.44. The molecule has 0 spiro atoms. The Morgan fingerprint density at radius 1 is 1.24 bits per heavy atom. The van der Waals surface area contributed by atoms with Gasteiger partial charge in [0, 0.05) is 35.3 Å². The molecule has 0 bridgehead atoms. The van der Waals surface area contributed by atoms with Crippen molar-refractivity contribution < 1.29 is 19.1 Å². The van der Waals surface area contributed by atoms with Crippen LogP contribution < -0.4 is 9.64 Å². The summed E-state index contributed by atoms with van der Waals surface area (Å²) < 4.78 is 10.5. The zero-order chi connectivity index (χ0) is 17.8. The maximum atomic E-state index is 12.3. The monoisotopic (exact) mass is 359 g/mol. The van der Waals surface area contributed by atoms with E-state index in [1.165, 1.54) is 0 Å². The molecule has 1 saturated heterocycles. The van der Waals surface area contributed by atoms with Crippen molar-refractivity contribution in [2.24, 2.45) is 5.92 Å². The molecule has 5 nitrogen and oxygen atoms in total. The topological polar surface area (TPSA) is 55.8 Å². The van der Waals surface area contributed by atoms with E-state index < -0.39 is 11.9 Å². The Bertz CT molecular complexity index is 792. The summed E-state index contributed by atoms with van der Waals surface area (Å²) in [5.74, 6) is -0.317. The molecule has 130 valence electrons. The third kappa shape index (κ3) is 3.94. The number of rotatable bonds is 5. The first-order chi connectivity index (χ1) is 12.1. The summed E-state index contributed by atoms with van der Waals surface area (Å²) in [5.41, 5.74) is 1.46. The van der Waals surface area contributed by atoms with Crippen LogP contribution in [0, 0.1) is 5.92 Å². The molecule has 1 fully saturated rings. The molecule has 0 aliphatic carbocycles. The van der Waals surface area contributed by atoms with E-state index in [-0.39, 0.29) is 18.9 Å². The number of hydrogen-bond donors (Lipinski definition) is 0. The van der Waals surface area contributed by atoms with Gasteiger partial charge in [-0.2, -0.15) is 0 Å². The average Bonchev–Trinajstić information content (AvgIpc) is 3.03. The number of halogens is 1. The molecule has 1 amide bonds. The molecule has 0 radical (unpaired) electrons. The zero-order valence-electron chi connectivity index (χ0n) is 13.8. The van der Waals surface area contributed by atoms with Gasteiger partial charge in [-0.15, -0.1) is 0 Å². The molecule has 1 atom stereocenters. The lowest BCUT2D eigenvalue weighted by Gasteiger charge is -2.17. The molecule has 1 aliphatic heterocycles. The molecule has 0 N–H and O–H groups in total. The number of hydrogen-bond acceptors (Lipinski definition) is 4. The fourth-order valence-electron chi connectivity index (χ4n) is 2.78. The summed E-state index contributed by atoms with van der Waals surface area (Å²) in [7, 11) is 1.57. The normalized spacial score (nSPS) is 16.8. The van der Waals surface area contributed by atoms with Crippen molar-refractivity contribution in [3.05, 3.63) is 59.1 Å². The number of carbonyl (C=O) groups is 2. The first-order valence-corrected chi connectivity index (χ1v) is 8.30. The second kappa shape index (κ2) is 7.57. The van der Waals surface area contributed by atoms with Crippen molar-refractivity contribution in [2.75, 3.05) is 18.6 Å². The quantitative estimate of drug-likeness (QED) is 0.767. The Morgan fingerprint density at radius 3 is 2.80 bits per heavy atom. The van der Waals surface area contributed by atoms with E-state index in [1.54, 1.807) is 36.3 Å². The Hall–Kier alpha value is -2.53. The molecular weight excluding hydrogens is 342 g/mol. The number of esters is 1. The molecule has 2 aromatic carbocycles. The highest BCUT2D eigenvalue weighted by Crippen LogP contribution is 2.28. The molecule has 1 aliphatic rings. The molecule has 1 heterocycles. The van der Waals surface area contributed by atoms with E-state index >= 15 is 0 Å². The molecule has 3 rings (SSSR count). The Labute approximate surface area is 151 Å². The van der Waals surface area contributed by atoms with Gasteiger partial charge in [0.2, 0.25) is 5.91 Å². The first kappa shape index (κ1) is 17.3. The largest absolute Gasteiger partial charge is 0.497 e. The lowest BCUT2D eigenvalue weighted by Crippen LogP contribution is -2.26. The fraction of sp³-hybridized carbons (Fsp3) is 0.263. The van der Waals surface area contributed by atoms with Gasteiger partial charge in [0.05, 0.1) is 13.0 Å². The maximum Gasteiger partial charge on any atom is 0.311 e. The predicted molar refractivity (Wildman–Crippen MR) is 94.7 cm³/mol. The molecule has 0 saturated carbocycles. The van der Waals surface area contributed by atoms with Crippen molar-refractivity contribution >= 4 is 29.2 Å². The van der Waals surface area contributed by atoms with Crippen molar-refractivity contribution in [1.29, 1.82) is 0 Å². The number of methoxy groups -OCH3 is 1. The van der Waals surface area contributed by atoms with E-state index in [0.29, 0.717) is 23.0 Å². The number of carbonyl (C=O) groups excluding carboxylic acids is 2. The van der Waals surface area contributed by atoms with E-state index in [1.807, 2.05) is 24.3 Å². The number of amides is 1. The summed E-state index contributed by atoms with van der Waals surface area (Å²) in [5, 5.41) is 0.552. The highest BCUT2D eigenvalue weighted by molar-refractivity contribution is 6.31. The van der Waals surface area contributed by atoms with Crippen molar-refractivity contribution in [1.82, 2.24) is 0 Å². The molecule has 25 heavy (non-hydrogen) atoms. The molecule has 6 heteroatoms. The van der Waals surface area contributed by atoms with Crippen molar-refractivity contribution in [2.45, 2.75) is 13.0 Å². The van der Waals surface area contributed by atoms with Gasteiger partial charge in [0.25, 0.3) is 0 Å². The van der Waals surface area contributed by atoms with Gasteiger partial charge >= 0.3 is 5.97 Å². The van der Waals surface area contributed by atoms with Crippen molar-refractivity contribution in [3.63, 3.8) is 0 Å². The van der Waals surface area contributed by atoms with Crippen LogP contribution in [0.1, 0.15) is 12.0 Å². The first-order valence-electron chi connectivity index (χ1n) is 7.93. The van der Waals surface area contributed by atoms with Gasteiger partial charge in [0.1, 0.15) is 12.4 Å². The lowest BCUT2D eigenvalue weighted by atomic mass is 10.1. The Morgan fingerprint density at radius 2 is 2.04 bits per heavy atom. The molecule has 1 unspecified atom stereocenters. The molecular formula is C19H18ClNO4. The number of ether oxygens (including phenoxy) is 2. The fourth-order valence-corrected chi connectivity index (χ4v) is 2.97. The number of benzene rings is 2. The van der Waals surface area contributed by atoms with Crippen LogP contribution in [0.15, 0.2) is 48.5 Å². The number of nitrogens with zero attached hydrogens (tertiary/aromatic N) is 1. The van der Waals surface area contributed by atoms with Crippen LogP contribution in [0.3, 0.4) is 0 Å². The van der Waals surface area contributed by atoms with Crippen LogP contribution in [-0.4, -0.2) is 25.5 Å². The van der Waals surface area contributed by atoms with E-state index in [0.717, 1.165) is 5.56 Å². The molecule has 0 aromatic heterocycles. The van der Waals surface area contributed by atoms with Crippen molar-refractivity contribution in [3.8, 4) is 5.75 Å². The highest BCUT2D eigenvalue weighted by Gasteiger charge is 2.36. The van der Waals surface area contributed by atoms with Gasteiger partial charge in [-0.3, -0.25) is 9.59 Å². The van der Waals surface area contributed by atoms with Crippen LogP contribution in [-0.2, 0) is 20.9 Å². The summed E-state index contributed by atoms with van der Waals surface area (Å²) in [6.07, 6.45) is 0.137. The smallest absolute Gasteiger partial charge is 0.311 e. The SMILES string of the molecule is COc1cccc(N2CC(C(=O)OCc3ccccc3Cl)CC2=O)c1. The Balaban J connectivity index is 1.63. The van der Waals surface area contributed by atoms with Crippen LogP contribution in [0.4, 0.5) is 5.69 Å². The minimum Gasteiger partial charge on any atom is -0.497 e. The molecule has 2 aromatic rings. The van der Waals surface area contributed by atoms with E-state index in [2.05, 4.69) is 0 Å². The third-order valence-corrected chi connectivity index (χ3v) is 4.52. The van der Waals surface area contributed by atoms with Gasteiger partial charge in [-0.1, -0.05) is 35.9 Å². The number of anilines is 1. The van der Waals surface area contributed by atoms with Gasteiger partial charge in [0.15, 0.2) is 0 Å². The summed E-state index contributed by atoms with van der Waals surface area (Å²) in [6.45, 7) is 0.399. The Kier molecular flexibility index (Phi) is 5.24. The second-order valence-corrected chi connectivity index (χ2v) is 6.21. The van der Waals surface area contributed by atoms with E-state index in [4.69, 9.17) is 21.1 Å². The van der Waals surface area contributed by atoms with Crippen LogP contribution in [0.25, 0.3) is 0 Å². The van der Waals surface area contributed by atoms with Gasteiger partial charge in [-0.05, 0) is 18.2 Å². The average molecular weight is 360 g/mol. The van der Waals surface area contributed by atoms with Gasteiger partial charge in [-0.25, -0.2) is 0 Å². The maximum absolute atomic E-state index is 12.3. The van der Waals surface area contributed by atoms with E-state index in [9.17, 15) is 9.59 Å². The van der Waals surface area contributed by atoms with Crippen LogP contribution in [0.5, 0.6) is 5.75 Å². The third-order valence-electron chi connectivity index (χ3n) is 4.15. The van der Waals surface area contributed by atoms with Crippen LogP contribution in [0.2, 0.25) is 5.02 Å². The van der Waals surface area contributed by atoms with Gasteiger partial charge < -0.3 is 14.4 Å². The zero-order valence-corrected chi connectivity index (χ0v) is 14.5. The lowest BCUT2D eigenvalue weighted by molar-refractivity contribution is -0.149. The summed E-state index contributed by atoms with van der Waals surface area (Å²) >= 11 is 6.06. The standard InChI is InChI=1S/C19H18ClNO4/c1-24-16-7-4-6-15(10-16)21-11-14(9-18(21)22)19(23)25-12-13-5-2-3-8-17(13)20/h2-8,10,14H,9,11-12H2,1H3. The second-order valence-electron chi connectivity index (χ2n) is 5.81. The highest BCUT2D eigenvalue weighted by atomic mass is 35.5. The summed E-state index contributed by atoms with van der Waals surface area (Å²) in [6, 6.07) is 14.4. The minimum absolute atomic E-state index is 0.0996. The van der Waals surface area contributed by atoms with Crippen LogP contribution >= 0.6 is 11.6 Å².